The maximum atomic E-state index is 12.6. The van der Waals surface area contributed by atoms with Crippen LogP contribution < -0.4 is 10.6 Å². The first-order valence-corrected chi connectivity index (χ1v) is 10.8. The lowest BCUT2D eigenvalue weighted by atomic mass is 10.1. The molecule has 0 fully saturated rings. The fraction of sp³-hybridized carbons (Fsp3) is 0.250. The van der Waals surface area contributed by atoms with Crippen LogP contribution >= 0.6 is 11.3 Å². The smallest absolute Gasteiger partial charge is 0.251 e. The Labute approximate surface area is 181 Å². The van der Waals surface area contributed by atoms with Crippen LogP contribution in [0.25, 0.3) is 0 Å². The van der Waals surface area contributed by atoms with Crippen LogP contribution in [0.15, 0.2) is 66.0 Å². The Kier molecular flexibility index (Phi) is 8.18. The molecular weight excluding hydrogens is 396 g/mol. The van der Waals surface area contributed by atoms with Gasteiger partial charge in [-0.05, 0) is 53.6 Å². The standard InChI is InChI=1S/C24H26N2O3S/c1-29-17-20-8-3-2-7-19(20)16-25-24(28)18-9-4-10-21(15-18)26-23(27)13-5-11-22-12-6-14-30-22/h2-4,6-10,12,14-15H,5,11,13,16-17H2,1H3,(H,25,28)(H,26,27). The van der Waals surface area contributed by atoms with Gasteiger partial charge < -0.3 is 15.4 Å². The Balaban J connectivity index is 1.51. The lowest BCUT2D eigenvalue weighted by molar-refractivity contribution is -0.116. The van der Waals surface area contributed by atoms with Crippen LogP contribution in [0.2, 0.25) is 0 Å². The van der Waals surface area contributed by atoms with E-state index < -0.39 is 0 Å². The normalized spacial score (nSPS) is 10.6. The van der Waals surface area contributed by atoms with Gasteiger partial charge in [-0.15, -0.1) is 11.3 Å². The number of rotatable bonds is 10. The first-order valence-electron chi connectivity index (χ1n) is 9.92. The van der Waals surface area contributed by atoms with Crippen molar-refractivity contribution in [2.75, 3.05) is 12.4 Å². The molecule has 0 unspecified atom stereocenters. The average molecular weight is 423 g/mol. The molecule has 0 saturated heterocycles. The molecule has 30 heavy (non-hydrogen) atoms. The highest BCUT2D eigenvalue weighted by Crippen LogP contribution is 2.15. The molecule has 3 aromatic rings. The van der Waals surface area contributed by atoms with E-state index in [1.165, 1.54) is 4.88 Å². The van der Waals surface area contributed by atoms with Gasteiger partial charge in [-0.1, -0.05) is 36.4 Å². The molecular formula is C24H26N2O3S. The maximum absolute atomic E-state index is 12.6. The summed E-state index contributed by atoms with van der Waals surface area (Å²) in [5, 5.41) is 7.87. The van der Waals surface area contributed by atoms with Gasteiger partial charge in [0.05, 0.1) is 6.61 Å². The average Bonchev–Trinajstić information content (AvgIpc) is 3.27. The van der Waals surface area contributed by atoms with E-state index in [1.807, 2.05) is 35.7 Å². The number of hydrogen-bond donors (Lipinski definition) is 2. The summed E-state index contributed by atoms with van der Waals surface area (Å²) in [4.78, 5) is 26.1. The Morgan fingerprint density at radius 3 is 2.60 bits per heavy atom. The van der Waals surface area contributed by atoms with E-state index in [1.54, 1.807) is 42.7 Å². The zero-order valence-electron chi connectivity index (χ0n) is 17.0. The number of nitrogens with one attached hydrogen (secondary N) is 2. The molecule has 3 rings (SSSR count). The number of aryl methyl sites for hydroxylation is 1. The molecule has 0 aliphatic heterocycles. The molecule has 0 atom stereocenters. The molecule has 2 amide bonds. The minimum atomic E-state index is -0.184. The monoisotopic (exact) mass is 422 g/mol. The Morgan fingerprint density at radius 1 is 1.00 bits per heavy atom. The summed E-state index contributed by atoms with van der Waals surface area (Å²) in [6, 6.07) is 19.0. The summed E-state index contributed by atoms with van der Waals surface area (Å²) in [6.45, 7) is 0.914. The zero-order valence-corrected chi connectivity index (χ0v) is 17.8. The first kappa shape index (κ1) is 21.7. The van der Waals surface area contributed by atoms with Crippen LogP contribution in [0.3, 0.4) is 0 Å². The summed E-state index contributed by atoms with van der Waals surface area (Å²) in [5.74, 6) is -0.228. The Morgan fingerprint density at radius 2 is 1.83 bits per heavy atom. The van der Waals surface area contributed by atoms with Gasteiger partial charge in [0.15, 0.2) is 0 Å². The van der Waals surface area contributed by atoms with Crippen LogP contribution in [0.5, 0.6) is 0 Å². The number of anilines is 1. The molecule has 6 heteroatoms. The summed E-state index contributed by atoms with van der Waals surface area (Å²) >= 11 is 1.71. The molecule has 156 valence electrons. The summed E-state index contributed by atoms with van der Waals surface area (Å²) in [6.07, 6.45) is 2.15. The molecule has 0 saturated carbocycles. The zero-order chi connectivity index (χ0) is 21.2. The topological polar surface area (TPSA) is 67.4 Å². The predicted octanol–water partition coefficient (Wildman–Crippen LogP) is 4.79. The van der Waals surface area contributed by atoms with Gasteiger partial charge in [0, 0.05) is 36.2 Å². The van der Waals surface area contributed by atoms with Crippen molar-refractivity contribution in [1.29, 1.82) is 0 Å². The predicted molar refractivity (Wildman–Crippen MR) is 121 cm³/mol. The van der Waals surface area contributed by atoms with Crippen LogP contribution in [0.4, 0.5) is 5.69 Å². The fourth-order valence-corrected chi connectivity index (χ4v) is 3.89. The van der Waals surface area contributed by atoms with Gasteiger partial charge in [0.1, 0.15) is 0 Å². The van der Waals surface area contributed by atoms with Gasteiger partial charge in [-0.2, -0.15) is 0 Å². The van der Waals surface area contributed by atoms with Gasteiger partial charge >= 0.3 is 0 Å². The lowest BCUT2D eigenvalue weighted by Crippen LogP contribution is -2.23. The van der Waals surface area contributed by atoms with Crippen molar-refractivity contribution in [2.24, 2.45) is 0 Å². The number of methoxy groups -OCH3 is 1. The highest BCUT2D eigenvalue weighted by molar-refractivity contribution is 7.09. The molecule has 0 spiro atoms. The maximum Gasteiger partial charge on any atom is 0.251 e. The van der Waals surface area contributed by atoms with E-state index in [0.29, 0.717) is 30.8 Å². The summed E-state index contributed by atoms with van der Waals surface area (Å²) in [7, 11) is 1.65. The number of benzene rings is 2. The van der Waals surface area contributed by atoms with Crippen molar-refractivity contribution in [3.8, 4) is 0 Å². The largest absolute Gasteiger partial charge is 0.380 e. The second kappa shape index (κ2) is 11.3. The number of carbonyl (C=O) groups excluding carboxylic acids is 2. The molecule has 0 bridgehead atoms. The molecule has 0 aliphatic rings. The molecule has 0 radical (unpaired) electrons. The first-order chi connectivity index (χ1) is 14.7. The highest BCUT2D eigenvalue weighted by atomic mass is 32.1. The van der Waals surface area contributed by atoms with E-state index in [-0.39, 0.29) is 11.8 Å². The molecule has 2 aromatic carbocycles. The lowest BCUT2D eigenvalue weighted by Gasteiger charge is -2.11. The van der Waals surface area contributed by atoms with Crippen molar-refractivity contribution < 1.29 is 14.3 Å². The van der Waals surface area contributed by atoms with E-state index in [2.05, 4.69) is 16.7 Å². The number of carbonyl (C=O) groups is 2. The summed E-state index contributed by atoms with van der Waals surface area (Å²) in [5.41, 5.74) is 3.20. The van der Waals surface area contributed by atoms with Crippen LogP contribution in [0.1, 0.15) is 39.2 Å². The minimum absolute atomic E-state index is 0.0439. The fourth-order valence-electron chi connectivity index (χ4n) is 3.14. The third-order valence-electron chi connectivity index (χ3n) is 4.67. The molecule has 1 heterocycles. The van der Waals surface area contributed by atoms with Crippen LogP contribution in [0, 0.1) is 0 Å². The Hall–Kier alpha value is -2.96. The van der Waals surface area contributed by atoms with Crippen molar-refractivity contribution >= 4 is 28.8 Å². The quantitative estimate of drug-likeness (QED) is 0.494. The van der Waals surface area contributed by atoms with Crippen molar-refractivity contribution in [2.45, 2.75) is 32.4 Å². The van der Waals surface area contributed by atoms with E-state index in [9.17, 15) is 9.59 Å². The molecule has 2 N–H and O–H groups in total. The van der Waals surface area contributed by atoms with E-state index in [4.69, 9.17) is 4.74 Å². The molecule has 1 aromatic heterocycles. The number of ether oxygens (including phenoxy) is 1. The Bertz CT molecular complexity index is 970. The highest BCUT2D eigenvalue weighted by Gasteiger charge is 2.09. The van der Waals surface area contributed by atoms with E-state index in [0.717, 1.165) is 24.0 Å². The third-order valence-corrected chi connectivity index (χ3v) is 5.61. The van der Waals surface area contributed by atoms with Crippen LogP contribution in [-0.2, 0) is 29.1 Å². The van der Waals surface area contributed by atoms with Gasteiger partial charge in [0.2, 0.25) is 5.91 Å². The molecule has 0 aliphatic carbocycles. The minimum Gasteiger partial charge on any atom is -0.380 e. The van der Waals surface area contributed by atoms with Crippen molar-refractivity contribution in [3.05, 3.63) is 87.6 Å². The SMILES string of the molecule is COCc1ccccc1CNC(=O)c1cccc(NC(=O)CCCc2cccs2)c1. The third kappa shape index (κ3) is 6.54. The van der Waals surface area contributed by atoms with E-state index >= 15 is 0 Å². The second-order valence-corrected chi connectivity index (χ2v) is 7.98. The van der Waals surface area contributed by atoms with Crippen molar-refractivity contribution in [1.82, 2.24) is 5.32 Å². The van der Waals surface area contributed by atoms with Gasteiger partial charge in [-0.3, -0.25) is 9.59 Å². The van der Waals surface area contributed by atoms with Gasteiger partial charge in [0.25, 0.3) is 5.91 Å². The number of thiophene rings is 1. The van der Waals surface area contributed by atoms with Crippen LogP contribution in [-0.4, -0.2) is 18.9 Å². The molecule has 5 nitrogen and oxygen atoms in total. The number of hydrogen-bond acceptors (Lipinski definition) is 4. The summed E-state index contributed by atoms with van der Waals surface area (Å²) < 4.78 is 5.21. The number of amides is 2. The van der Waals surface area contributed by atoms with Crippen molar-refractivity contribution in [3.63, 3.8) is 0 Å². The van der Waals surface area contributed by atoms with Gasteiger partial charge in [-0.25, -0.2) is 0 Å². The second-order valence-electron chi connectivity index (χ2n) is 6.95.